The minimum Gasteiger partial charge on any atom is -0.493 e. The molecule has 4 heteroatoms. The van der Waals surface area contributed by atoms with E-state index in [2.05, 4.69) is 28.1 Å². The zero-order valence-corrected chi connectivity index (χ0v) is 14.0. The van der Waals surface area contributed by atoms with Gasteiger partial charge in [0.05, 0.1) is 11.5 Å². The lowest BCUT2D eigenvalue weighted by Crippen LogP contribution is -2.03. The summed E-state index contributed by atoms with van der Waals surface area (Å²) >= 11 is 5.22. The van der Waals surface area contributed by atoms with Gasteiger partial charge in [0, 0.05) is 27.8 Å². The minimum absolute atomic E-state index is 0.213. The summed E-state index contributed by atoms with van der Waals surface area (Å²) in [6.45, 7) is 0.722. The van der Waals surface area contributed by atoms with E-state index in [0.717, 1.165) is 46.5 Å². The van der Waals surface area contributed by atoms with Gasteiger partial charge in [-0.3, -0.25) is 4.79 Å². The Morgan fingerprint density at radius 1 is 1.19 bits per heavy atom. The molecule has 0 atom stereocenters. The van der Waals surface area contributed by atoms with E-state index >= 15 is 0 Å². The van der Waals surface area contributed by atoms with Crippen LogP contribution in [-0.2, 0) is 25.7 Å². The Kier molecular flexibility index (Phi) is 3.38. The molecule has 1 aromatic heterocycles. The average molecular weight is 363 g/mol. The van der Waals surface area contributed by atoms with Crippen LogP contribution in [0.2, 0.25) is 0 Å². The third kappa shape index (κ3) is 2.44. The van der Waals surface area contributed by atoms with Gasteiger partial charge in [0.15, 0.2) is 5.78 Å². The maximum Gasteiger partial charge on any atom is 0.177 e. The Morgan fingerprint density at radius 2 is 2.10 bits per heavy atom. The third-order valence-electron chi connectivity index (χ3n) is 4.20. The highest BCUT2D eigenvalue weighted by Crippen LogP contribution is 2.35. The van der Waals surface area contributed by atoms with Crippen LogP contribution in [0.4, 0.5) is 0 Å². The Bertz CT molecular complexity index is 711. The first-order chi connectivity index (χ1) is 10.2. The number of aryl methyl sites for hydroxylation is 2. The molecule has 1 aliphatic heterocycles. The van der Waals surface area contributed by atoms with E-state index in [1.807, 2.05) is 6.07 Å². The largest absolute Gasteiger partial charge is 0.493 e. The molecule has 4 rings (SSSR count). The molecular weight excluding hydrogens is 348 g/mol. The molecule has 0 bridgehead atoms. The summed E-state index contributed by atoms with van der Waals surface area (Å²) in [4.78, 5) is 14.9. The highest BCUT2D eigenvalue weighted by atomic mass is 79.9. The number of rotatable bonds is 3. The normalized spacial score (nSPS) is 15.7. The van der Waals surface area contributed by atoms with Crippen LogP contribution in [0.1, 0.15) is 37.7 Å². The number of Topliss-reactive ketones (excluding diaryl/α,β-unsaturated/α-hetero) is 1. The van der Waals surface area contributed by atoms with E-state index in [1.54, 1.807) is 11.3 Å². The second-order valence-corrected chi connectivity index (χ2v) is 7.72. The molecule has 0 saturated heterocycles. The van der Waals surface area contributed by atoms with Gasteiger partial charge >= 0.3 is 0 Å². The van der Waals surface area contributed by atoms with Crippen molar-refractivity contribution in [1.82, 2.24) is 0 Å². The number of ether oxygens (including phenoxy) is 1. The Balaban J connectivity index is 1.62. The first-order valence-corrected chi connectivity index (χ1v) is 8.90. The summed E-state index contributed by atoms with van der Waals surface area (Å²) in [5.74, 6) is 1.14. The van der Waals surface area contributed by atoms with Crippen molar-refractivity contribution in [3.05, 3.63) is 49.1 Å². The van der Waals surface area contributed by atoms with Crippen molar-refractivity contribution in [2.45, 2.75) is 32.1 Å². The molecule has 0 saturated carbocycles. The van der Waals surface area contributed by atoms with Gasteiger partial charge in [0.1, 0.15) is 5.75 Å². The number of hydrogen-bond acceptors (Lipinski definition) is 3. The van der Waals surface area contributed by atoms with Crippen LogP contribution in [0.15, 0.2) is 22.7 Å². The Labute approximate surface area is 136 Å². The molecule has 2 aliphatic rings. The molecule has 21 heavy (non-hydrogen) atoms. The monoisotopic (exact) mass is 362 g/mol. The number of thiophene rings is 1. The summed E-state index contributed by atoms with van der Waals surface area (Å²) in [5, 5.41) is 0. The van der Waals surface area contributed by atoms with Crippen LogP contribution in [-0.4, -0.2) is 12.4 Å². The van der Waals surface area contributed by atoms with Crippen molar-refractivity contribution in [1.29, 1.82) is 0 Å². The van der Waals surface area contributed by atoms with E-state index < -0.39 is 0 Å². The maximum absolute atomic E-state index is 12.6. The molecule has 0 spiro atoms. The minimum atomic E-state index is 0.213. The molecular formula is C17H15BrO2S. The van der Waals surface area contributed by atoms with Crippen LogP contribution in [0.3, 0.4) is 0 Å². The van der Waals surface area contributed by atoms with Gasteiger partial charge in [0.25, 0.3) is 0 Å². The number of halogens is 1. The maximum atomic E-state index is 12.6. The smallest absolute Gasteiger partial charge is 0.177 e. The van der Waals surface area contributed by atoms with E-state index in [0.29, 0.717) is 6.42 Å². The fraction of sp³-hybridized carbons (Fsp3) is 0.353. The number of fused-ring (bicyclic) bond motifs is 2. The molecule has 108 valence electrons. The third-order valence-corrected chi connectivity index (χ3v) is 5.93. The van der Waals surface area contributed by atoms with Gasteiger partial charge in [0.2, 0.25) is 0 Å². The highest BCUT2D eigenvalue weighted by molar-refractivity contribution is 9.10. The first kappa shape index (κ1) is 13.5. The predicted molar refractivity (Wildman–Crippen MR) is 87.7 cm³/mol. The fourth-order valence-corrected chi connectivity index (χ4v) is 4.95. The van der Waals surface area contributed by atoms with Crippen molar-refractivity contribution < 1.29 is 9.53 Å². The summed E-state index contributed by atoms with van der Waals surface area (Å²) in [7, 11) is 0. The van der Waals surface area contributed by atoms with Crippen LogP contribution >= 0.6 is 27.3 Å². The number of carbonyl (C=O) groups excluding carboxylic acids is 1. The SMILES string of the molecule is O=C(Cc1cc(Br)cc2c1OCC2)c1cc2c(s1)CCC2. The van der Waals surface area contributed by atoms with Crippen molar-refractivity contribution >= 4 is 33.0 Å². The van der Waals surface area contributed by atoms with Crippen molar-refractivity contribution in [3.8, 4) is 5.75 Å². The van der Waals surface area contributed by atoms with Crippen LogP contribution < -0.4 is 4.74 Å². The van der Waals surface area contributed by atoms with Gasteiger partial charge in [-0.05, 0) is 48.6 Å². The van der Waals surface area contributed by atoms with E-state index in [4.69, 9.17) is 4.74 Å². The van der Waals surface area contributed by atoms with Crippen LogP contribution in [0.25, 0.3) is 0 Å². The predicted octanol–water partition coefficient (Wildman–Crippen LogP) is 4.36. The molecule has 0 N–H and O–H groups in total. The zero-order chi connectivity index (χ0) is 14.4. The second-order valence-electron chi connectivity index (χ2n) is 5.66. The second kappa shape index (κ2) is 5.25. The average Bonchev–Trinajstić information content (AvgIpc) is 3.12. The topological polar surface area (TPSA) is 26.3 Å². The molecule has 0 unspecified atom stereocenters. The van der Waals surface area contributed by atoms with Crippen molar-refractivity contribution in [2.75, 3.05) is 6.61 Å². The lowest BCUT2D eigenvalue weighted by molar-refractivity contribution is 0.0996. The number of hydrogen-bond donors (Lipinski definition) is 0. The molecule has 0 amide bonds. The lowest BCUT2D eigenvalue weighted by Gasteiger charge is -2.08. The van der Waals surface area contributed by atoms with Gasteiger partial charge < -0.3 is 4.74 Å². The number of benzene rings is 1. The van der Waals surface area contributed by atoms with Crippen LogP contribution in [0, 0.1) is 0 Å². The summed E-state index contributed by atoms with van der Waals surface area (Å²) in [6.07, 6.45) is 4.88. The van der Waals surface area contributed by atoms with E-state index in [1.165, 1.54) is 22.4 Å². The van der Waals surface area contributed by atoms with Gasteiger partial charge in [-0.25, -0.2) is 0 Å². The standard InChI is InChI=1S/C17H15BrO2S/c18-13-6-11-4-5-20-17(11)12(7-13)8-14(19)16-9-10-2-1-3-15(10)21-16/h6-7,9H,1-5,8H2. The van der Waals surface area contributed by atoms with Gasteiger partial charge in [-0.2, -0.15) is 0 Å². The van der Waals surface area contributed by atoms with Crippen molar-refractivity contribution in [3.63, 3.8) is 0 Å². The number of carbonyl (C=O) groups is 1. The molecule has 2 aromatic rings. The lowest BCUT2D eigenvalue weighted by atomic mass is 10.0. The highest BCUT2D eigenvalue weighted by Gasteiger charge is 2.22. The molecule has 2 heterocycles. The number of ketones is 1. The molecule has 1 aromatic carbocycles. The molecule has 0 radical (unpaired) electrons. The van der Waals surface area contributed by atoms with E-state index in [-0.39, 0.29) is 5.78 Å². The quantitative estimate of drug-likeness (QED) is 0.758. The summed E-state index contributed by atoms with van der Waals surface area (Å²) in [5.41, 5.74) is 3.61. The Hall–Kier alpha value is -1.13. The van der Waals surface area contributed by atoms with Crippen LogP contribution in [0.5, 0.6) is 5.75 Å². The van der Waals surface area contributed by atoms with E-state index in [9.17, 15) is 4.79 Å². The fourth-order valence-electron chi connectivity index (χ4n) is 3.20. The summed E-state index contributed by atoms with van der Waals surface area (Å²) < 4.78 is 6.74. The first-order valence-electron chi connectivity index (χ1n) is 7.29. The molecule has 2 nitrogen and oxygen atoms in total. The summed E-state index contributed by atoms with van der Waals surface area (Å²) in [6, 6.07) is 6.22. The molecule has 1 aliphatic carbocycles. The zero-order valence-electron chi connectivity index (χ0n) is 11.6. The van der Waals surface area contributed by atoms with Crippen molar-refractivity contribution in [2.24, 2.45) is 0 Å². The van der Waals surface area contributed by atoms with Gasteiger partial charge in [-0.15, -0.1) is 11.3 Å². The van der Waals surface area contributed by atoms with Gasteiger partial charge in [-0.1, -0.05) is 15.9 Å². The Morgan fingerprint density at radius 3 is 2.95 bits per heavy atom. The molecule has 0 fully saturated rings.